The number of pyridine rings is 1. The van der Waals surface area contributed by atoms with Crippen LogP contribution in [0.15, 0.2) is 36.5 Å². The van der Waals surface area contributed by atoms with Crippen LogP contribution in [-0.2, 0) is 22.9 Å². The molecule has 1 amide bonds. The molecule has 15 heteroatoms. The number of aromatic nitrogens is 5. The first-order chi connectivity index (χ1) is 16.4. The van der Waals surface area contributed by atoms with E-state index < -0.39 is 38.0 Å². The van der Waals surface area contributed by atoms with Crippen molar-refractivity contribution in [2.45, 2.75) is 30.6 Å². The van der Waals surface area contributed by atoms with Crippen LogP contribution in [0.25, 0.3) is 22.6 Å². The number of aliphatic hydroxyl groups is 1. The maximum Gasteiger partial charge on any atom is 0.486 e. The molecule has 5 fully saturated rings. The van der Waals surface area contributed by atoms with Crippen LogP contribution in [0.3, 0.4) is 0 Å². The molecule has 13 nitrogen and oxygen atoms in total. The molecule has 1 atom stereocenters. The number of hydrogen-bond acceptors (Lipinski definition) is 11. The molecule has 5 aliphatic rings. The molecule has 0 unspecified atom stereocenters. The van der Waals surface area contributed by atoms with E-state index in [1.54, 1.807) is 16.9 Å². The first kappa shape index (κ1) is 20.1. The molecule has 34 heavy (non-hydrogen) atoms. The number of carbonyl (C=O) groups excluding carboxylic acids is 1. The number of phosphoric ester groups is 1. The highest BCUT2D eigenvalue weighted by Crippen LogP contribution is 2.80. The number of tetrazole rings is 1. The standard InChI is InChI=1S/C19H14FN6O7P/c20-14-7-12(25-17(28)30-18(9-27)19(25)32-34(29,31-18)33-19)4-5-13(14)10-1-6-15(21-8-10)16-22-24-26(23-16)11-2-3-11/h1,4-8,11,27H,2-3,9H2/t18-,19?,34?/m0/s1. The van der Waals surface area contributed by atoms with Gasteiger partial charge in [0.25, 0.3) is 0 Å². The predicted octanol–water partition coefficient (Wildman–Crippen LogP) is 2.36. The minimum absolute atomic E-state index is 0.0104. The minimum Gasteiger partial charge on any atom is -0.405 e. The molecule has 3 aromatic rings. The molecule has 8 rings (SSSR count). The van der Waals surface area contributed by atoms with Crippen molar-refractivity contribution in [3.8, 4) is 22.6 Å². The van der Waals surface area contributed by atoms with E-state index in [0.29, 0.717) is 23.1 Å². The first-order valence-corrected chi connectivity index (χ1v) is 11.7. The van der Waals surface area contributed by atoms with E-state index in [4.69, 9.17) is 18.3 Å². The maximum atomic E-state index is 15.1. The van der Waals surface area contributed by atoms with Crippen LogP contribution in [0, 0.1) is 5.82 Å². The van der Waals surface area contributed by atoms with E-state index in [0.717, 1.165) is 23.8 Å². The Morgan fingerprint density at radius 2 is 2.03 bits per heavy atom. The summed E-state index contributed by atoms with van der Waals surface area (Å²) in [5.41, 5.74) is 1.17. The number of hydrogen-bond donors (Lipinski definition) is 1. The van der Waals surface area contributed by atoms with Crippen LogP contribution in [0.1, 0.15) is 18.9 Å². The van der Waals surface area contributed by atoms with Gasteiger partial charge in [0.1, 0.15) is 18.1 Å². The van der Waals surface area contributed by atoms with E-state index in [9.17, 15) is 14.5 Å². The van der Waals surface area contributed by atoms with Crippen LogP contribution < -0.4 is 4.90 Å². The van der Waals surface area contributed by atoms with Gasteiger partial charge in [0.05, 0.1) is 11.7 Å². The maximum absolute atomic E-state index is 15.1. The molecule has 1 spiro atoms. The second-order valence-corrected chi connectivity index (χ2v) is 9.62. The zero-order valence-corrected chi connectivity index (χ0v) is 18.0. The molecule has 174 valence electrons. The van der Waals surface area contributed by atoms with Crippen molar-refractivity contribution in [1.82, 2.24) is 25.2 Å². The third kappa shape index (κ3) is 2.56. The van der Waals surface area contributed by atoms with Gasteiger partial charge in [0.2, 0.25) is 5.82 Å². The fourth-order valence-electron chi connectivity index (χ4n) is 4.15. The smallest absolute Gasteiger partial charge is 0.405 e. The van der Waals surface area contributed by atoms with Crippen molar-refractivity contribution in [2.75, 3.05) is 11.5 Å². The third-order valence-corrected chi connectivity index (χ3v) is 7.43. The van der Waals surface area contributed by atoms with E-state index in [2.05, 4.69) is 20.4 Å². The monoisotopic (exact) mass is 488 g/mol. The van der Waals surface area contributed by atoms with Gasteiger partial charge in [-0.05, 0) is 42.3 Å². The fraction of sp³-hybridized carbons (Fsp3) is 0.316. The number of rotatable bonds is 5. The molecule has 4 aliphatic heterocycles. The van der Waals surface area contributed by atoms with Crippen molar-refractivity contribution >= 4 is 19.6 Å². The number of halogens is 1. The van der Waals surface area contributed by atoms with Gasteiger partial charge >= 0.3 is 25.6 Å². The molecule has 1 aliphatic carbocycles. The van der Waals surface area contributed by atoms with Crippen molar-refractivity contribution < 1.29 is 37.2 Å². The third-order valence-electron chi connectivity index (χ3n) is 5.97. The molecule has 1 N–H and O–H groups in total. The molecular formula is C19H14FN6O7P. The largest absolute Gasteiger partial charge is 0.486 e. The van der Waals surface area contributed by atoms with E-state index in [1.165, 1.54) is 18.3 Å². The molecular weight excluding hydrogens is 474 g/mol. The van der Waals surface area contributed by atoms with Gasteiger partial charge < -0.3 is 9.84 Å². The number of ether oxygens (including phenoxy) is 1. The quantitative estimate of drug-likeness (QED) is 0.527. The summed E-state index contributed by atoms with van der Waals surface area (Å²) in [6, 6.07) is 7.53. The van der Waals surface area contributed by atoms with Gasteiger partial charge in [-0.1, -0.05) is 6.07 Å². The van der Waals surface area contributed by atoms with Crippen molar-refractivity contribution in [3.63, 3.8) is 0 Å². The van der Waals surface area contributed by atoms with Gasteiger partial charge in [0.15, 0.2) is 0 Å². The summed E-state index contributed by atoms with van der Waals surface area (Å²) >= 11 is 0. The zero-order chi connectivity index (χ0) is 23.3. The van der Waals surface area contributed by atoms with Gasteiger partial charge in [0, 0.05) is 17.3 Å². The molecule has 6 heterocycles. The highest BCUT2D eigenvalue weighted by atomic mass is 31.2. The second-order valence-electron chi connectivity index (χ2n) is 8.18. The van der Waals surface area contributed by atoms with E-state index in [1.807, 2.05) is 0 Å². The summed E-state index contributed by atoms with van der Waals surface area (Å²) in [6.45, 7) is -0.874. The number of aliphatic hydroxyl groups excluding tert-OH is 1. The van der Waals surface area contributed by atoms with Crippen LogP contribution >= 0.6 is 7.82 Å². The lowest BCUT2D eigenvalue weighted by Gasteiger charge is -2.38. The average Bonchev–Trinajstić information content (AvgIpc) is 3.31. The molecule has 2 bridgehead atoms. The highest BCUT2D eigenvalue weighted by molar-refractivity contribution is 7.50. The summed E-state index contributed by atoms with van der Waals surface area (Å²) in [4.78, 5) is 19.2. The van der Waals surface area contributed by atoms with Crippen molar-refractivity contribution in [1.29, 1.82) is 0 Å². The summed E-state index contributed by atoms with van der Waals surface area (Å²) < 4.78 is 47.7. The minimum atomic E-state index is -3.95. The Morgan fingerprint density at radius 1 is 1.21 bits per heavy atom. The summed E-state index contributed by atoms with van der Waals surface area (Å²) in [7, 11) is -3.95. The van der Waals surface area contributed by atoms with Crippen LogP contribution in [0.5, 0.6) is 0 Å². The number of phosphoric acid groups is 1. The molecule has 4 saturated heterocycles. The number of benzene rings is 1. The van der Waals surface area contributed by atoms with E-state index >= 15 is 4.39 Å². The lowest BCUT2D eigenvalue weighted by Crippen LogP contribution is -2.61. The van der Waals surface area contributed by atoms with Gasteiger partial charge in [-0.3, -0.25) is 4.98 Å². The molecule has 0 radical (unpaired) electrons. The van der Waals surface area contributed by atoms with Gasteiger partial charge in [-0.25, -0.2) is 32.2 Å². The molecule has 1 aromatic carbocycles. The Hall–Kier alpha value is -3.29. The van der Waals surface area contributed by atoms with Crippen molar-refractivity contribution in [3.05, 3.63) is 42.3 Å². The molecule has 1 saturated carbocycles. The Kier molecular flexibility index (Phi) is 3.80. The first-order valence-electron chi connectivity index (χ1n) is 10.3. The number of amides is 1. The normalized spacial score (nSPS) is 31.4. The van der Waals surface area contributed by atoms with E-state index in [-0.39, 0.29) is 11.3 Å². The summed E-state index contributed by atoms with van der Waals surface area (Å²) in [5.74, 6) is -4.53. The number of anilines is 1. The topological polar surface area (TPSA) is 151 Å². The lowest BCUT2D eigenvalue weighted by atomic mass is 10.1. The SMILES string of the molecule is O=C1O[C@@]2(CO)OP3(=O)OC2(O3)N1c1ccc(-c2ccc(-c3nnn(C4CC4)n3)nc2)c(F)c1. The number of nitrogens with zero attached hydrogens (tertiary/aromatic N) is 6. The Morgan fingerprint density at radius 3 is 2.71 bits per heavy atom. The zero-order valence-electron chi connectivity index (χ0n) is 17.1. The second kappa shape index (κ2) is 6.43. The van der Waals surface area contributed by atoms with Crippen LogP contribution in [0.2, 0.25) is 0 Å². The Labute approximate surface area is 189 Å². The Bertz CT molecular complexity index is 1400. The predicted molar refractivity (Wildman–Crippen MR) is 107 cm³/mol. The summed E-state index contributed by atoms with van der Waals surface area (Å²) in [6.07, 6.45) is 2.51. The van der Waals surface area contributed by atoms with Crippen LogP contribution in [0.4, 0.5) is 14.9 Å². The fourth-order valence-corrected chi connectivity index (χ4v) is 5.86. The summed E-state index contributed by atoms with van der Waals surface area (Å²) in [5, 5.41) is 22.0. The highest BCUT2D eigenvalue weighted by Gasteiger charge is 2.89. The Balaban J connectivity index is 1.18. The van der Waals surface area contributed by atoms with Crippen LogP contribution in [-0.4, -0.2) is 54.7 Å². The molecule has 2 aromatic heterocycles. The van der Waals surface area contributed by atoms with Gasteiger partial charge in [-0.15, -0.1) is 10.2 Å². The van der Waals surface area contributed by atoms with Crippen molar-refractivity contribution in [2.24, 2.45) is 0 Å². The average molecular weight is 488 g/mol. The number of carbonyl (C=O) groups is 1. The van der Waals surface area contributed by atoms with Gasteiger partial charge in [-0.2, -0.15) is 4.80 Å². The lowest BCUT2D eigenvalue weighted by molar-refractivity contribution is -0.259.